The lowest BCUT2D eigenvalue weighted by molar-refractivity contribution is -0.209. The van der Waals surface area contributed by atoms with Gasteiger partial charge in [0.2, 0.25) is 0 Å². The fraction of sp³-hybridized carbons (Fsp3) is 0.368. The highest BCUT2D eigenvalue weighted by Crippen LogP contribution is 2.34. The van der Waals surface area contributed by atoms with Crippen LogP contribution in [0.4, 0.5) is 17.6 Å². The van der Waals surface area contributed by atoms with Gasteiger partial charge in [-0.3, -0.25) is 0 Å². The molecule has 0 amide bonds. The van der Waals surface area contributed by atoms with Gasteiger partial charge in [-0.05, 0) is 29.3 Å². The second-order valence-electron chi connectivity index (χ2n) is 6.16. The summed E-state index contributed by atoms with van der Waals surface area (Å²) in [6.07, 6.45) is -6.72. The van der Waals surface area contributed by atoms with Crippen LogP contribution in [-0.2, 0) is 15.7 Å². The van der Waals surface area contributed by atoms with Gasteiger partial charge in [-0.15, -0.1) is 0 Å². The number of halogens is 4. The smallest absolute Gasteiger partial charge is 0.393 e. The summed E-state index contributed by atoms with van der Waals surface area (Å²) in [6, 6.07) is 11.0. The third-order valence-electron chi connectivity index (χ3n) is 4.26. The molecule has 146 valence electrons. The van der Waals surface area contributed by atoms with Crippen LogP contribution in [0.3, 0.4) is 0 Å². The Kier molecular flexibility index (Phi) is 6.11. The maximum Gasteiger partial charge on any atom is 0.416 e. The molecule has 0 spiro atoms. The minimum Gasteiger partial charge on any atom is -0.393 e. The van der Waals surface area contributed by atoms with Gasteiger partial charge in [-0.2, -0.15) is 13.2 Å². The van der Waals surface area contributed by atoms with E-state index in [0.717, 1.165) is 17.7 Å². The van der Waals surface area contributed by atoms with Crippen LogP contribution < -0.4 is 5.32 Å². The second-order valence-corrected chi connectivity index (χ2v) is 6.16. The maximum absolute atomic E-state index is 13.7. The highest BCUT2D eigenvalue weighted by Gasteiger charge is 2.34. The van der Waals surface area contributed by atoms with Crippen molar-refractivity contribution in [2.75, 3.05) is 19.8 Å². The monoisotopic (exact) mass is 385 g/mol. The van der Waals surface area contributed by atoms with Crippen molar-refractivity contribution >= 4 is 0 Å². The molecule has 0 aromatic heterocycles. The van der Waals surface area contributed by atoms with E-state index in [2.05, 4.69) is 5.32 Å². The number of rotatable bonds is 5. The summed E-state index contributed by atoms with van der Waals surface area (Å²) in [4.78, 5) is 0. The number of ether oxygens (including phenoxy) is 2. The Balaban J connectivity index is 1.84. The Morgan fingerprint density at radius 1 is 1.19 bits per heavy atom. The molecule has 1 aliphatic rings. The molecule has 0 saturated carbocycles. The van der Waals surface area contributed by atoms with Crippen molar-refractivity contribution in [3.05, 3.63) is 71.0 Å². The lowest BCUT2D eigenvalue weighted by atomic mass is 10.0. The maximum atomic E-state index is 13.7. The van der Waals surface area contributed by atoms with Crippen LogP contribution in [0.2, 0.25) is 0 Å². The van der Waals surface area contributed by atoms with Crippen molar-refractivity contribution < 1.29 is 32.1 Å². The molecule has 1 fully saturated rings. The molecule has 27 heavy (non-hydrogen) atoms. The molecule has 3 atom stereocenters. The standard InChI is InChI=1S/C19H19F4NO3/c20-15-9-13(8-14(10-15)19(21,22)23)16(11-25)27-18-17(24-6-7-26-18)12-4-2-1-3-5-12/h1-5,8-10,16-18,24-25H,6-7,11H2/t16-,17+,18-/m1/s1. The minimum atomic E-state index is -4.70. The first kappa shape index (κ1) is 19.8. The van der Waals surface area contributed by atoms with E-state index in [1.165, 1.54) is 0 Å². The Hall–Kier alpha value is -2.00. The van der Waals surface area contributed by atoms with E-state index in [0.29, 0.717) is 19.2 Å². The predicted octanol–water partition coefficient (Wildman–Crippen LogP) is 3.58. The average Bonchev–Trinajstić information content (AvgIpc) is 2.66. The SMILES string of the molecule is OC[C@@H](O[C@H]1OCCN[C@H]1c1ccccc1)c1cc(F)cc(C(F)(F)F)c1. The molecule has 2 N–H and O–H groups in total. The topological polar surface area (TPSA) is 50.7 Å². The Morgan fingerprint density at radius 2 is 1.93 bits per heavy atom. The first-order chi connectivity index (χ1) is 12.9. The fourth-order valence-electron chi connectivity index (χ4n) is 2.99. The Morgan fingerprint density at radius 3 is 2.59 bits per heavy atom. The molecule has 4 nitrogen and oxygen atoms in total. The molecule has 1 saturated heterocycles. The zero-order valence-electron chi connectivity index (χ0n) is 14.2. The van der Waals surface area contributed by atoms with Crippen LogP contribution in [0, 0.1) is 5.82 Å². The third kappa shape index (κ3) is 4.84. The number of morpholine rings is 1. The van der Waals surface area contributed by atoms with Gasteiger partial charge in [0.15, 0.2) is 6.29 Å². The molecule has 0 radical (unpaired) electrons. The van der Waals surface area contributed by atoms with E-state index in [1.807, 2.05) is 30.3 Å². The van der Waals surface area contributed by atoms with Crippen molar-refractivity contribution in [2.24, 2.45) is 0 Å². The van der Waals surface area contributed by atoms with Crippen molar-refractivity contribution in [1.29, 1.82) is 0 Å². The summed E-state index contributed by atoms with van der Waals surface area (Å²) in [5.74, 6) is -1.05. The van der Waals surface area contributed by atoms with E-state index < -0.39 is 36.6 Å². The highest BCUT2D eigenvalue weighted by molar-refractivity contribution is 5.29. The van der Waals surface area contributed by atoms with Crippen molar-refractivity contribution in [1.82, 2.24) is 5.32 Å². The zero-order valence-corrected chi connectivity index (χ0v) is 14.2. The third-order valence-corrected chi connectivity index (χ3v) is 4.26. The van der Waals surface area contributed by atoms with Gasteiger partial charge in [-0.25, -0.2) is 4.39 Å². The predicted molar refractivity (Wildman–Crippen MR) is 89.2 cm³/mol. The lowest BCUT2D eigenvalue weighted by Crippen LogP contribution is -2.44. The molecular weight excluding hydrogens is 366 g/mol. The van der Waals surface area contributed by atoms with Crippen LogP contribution in [0.25, 0.3) is 0 Å². The second kappa shape index (κ2) is 8.35. The number of aliphatic hydroxyl groups excluding tert-OH is 1. The van der Waals surface area contributed by atoms with E-state index in [1.54, 1.807) is 0 Å². The first-order valence-corrected chi connectivity index (χ1v) is 8.42. The van der Waals surface area contributed by atoms with E-state index in [-0.39, 0.29) is 11.6 Å². The molecule has 0 aliphatic carbocycles. The fourth-order valence-corrected chi connectivity index (χ4v) is 2.99. The summed E-state index contributed by atoms with van der Waals surface area (Å²) in [5.41, 5.74) is -0.373. The number of benzene rings is 2. The van der Waals surface area contributed by atoms with Gasteiger partial charge >= 0.3 is 6.18 Å². The molecule has 1 heterocycles. The van der Waals surface area contributed by atoms with E-state index in [9.17, 15) is 22.7 Å². The van der Waals surface area contributed by atoms with Crippen LogP contribution in [-0.4, -0.2) is 31.2 Å². The Bertz CT molecular complexity index is 754. The van der Waals surface area contributed by atoms with Crippen molar-refractivity contribution in [2.45, 2.75) is 24.6 Å². The Labute approximate surface area is 153 Å². The quantitative estimate of drug-likeness (QED) is 0.773. The largest absolute Gasteiger partial charge is 0.416 e. The van der Waals surface area contributed by atoms with Crippen LogP contribution in [0.15, 0.2) is 48.5 Å². The average molecular weight is 385 g/mol. The number of nitrogens with one attached hydrogen (secondary N) is 1. The number of hydrogen-bond donors (Lipinski definition) is 2. The number of aliphatic hydroxyl groups is 1. The van der Waals surface area contributed by atoms with Crippen LogP contribution in [0.1, 0.15) is 28.8 Å². The van der Waals surface area contributed by atoms with E-state index in [4.69, 9.17) is 9.47 Å². The zero-order chi connectivity index (χ0) is 19.4. The summed E-state index contributed by atoms with van der Waals surface area (Å²) < 4.78 is 63.9. The number of hydrogen-bond acceptors (Lipinski definition) is 4. The molecule has 1 aliphatic heterocycles. The normalized spacial score (nSPS) is 21.8. The van der Waals surface area contributed by atoms with Gasteiger partial charge < -0.3 is 19.9 Å². The van der Waals surface area contributed by atoms with Gasteiger partial charge in [0.25, 0.3) is 0 Å². The molecule has 2 aromatic rings. The summed E-state index contributed by atoms with van der Waals surface area (Å²) in [5, 5.41) is 12.9. The first-order valence-electron chi connectivity index (χ1n) is 8.42. The molecule has 0 bridgehead atoms. The van der Waals surface area contributed by atoms with Gasteiger partial charge in [0.05, 0.1) is 24.8 Å². The highest BCUT2D eigenvalue weighted by atomic mass is 19.4. The minimum absolute atomic E-state index is 0.106. The van der Waals surface area contributed by atoms with Gasteiger partial charge in [0.1, 0.15) is 11.9 Å². The lowest BCUT2D eigenvalue weighted by Gasteiger charge is -2.35. The van der Waals surface area contributed by atoms with Crippen molar-refractivity contribution in [3.8, 4) is 0 Å². The molecule has 0 unspecified atom stereocenters. The summed E-state index contributed by atoms with van der Waals surface area (Å²) in [6.45, 7) is 0.284. The number of alkyl halides is 3. The molecule has 8 heteroatoms. The van der Waals surface area contributed by atoms with Crippen molar-refractivity contribution in [3.63, 3.8) is 0 Å². The van der Waals surface area contributed by atoms with Crippen LogP contribution in [0.5, 0.6) is 0 Å². The molecule has 2 aromatic carbocycles. The van der Waals surface area contributed by atoms with Gasteiger partial charge in [0, 0.05) is 6.54 Å². The molecule has 3 rings (SSSR count). The van der Waals surface area contributed by atoms with Crippen LogP contribution >= 0.6 is 0 Å². The summed E-state index contributed by atoms with van der Waals surface area (Å²) >= 11 is 0. The molecular formula is C19H19F4NO3. The van der Waals surface area contributed by atoms with Gasteiger partial charge in [-0.1, -0.05) is 30.3 Å². The van der Waals surface area contributed by atoms with E-state index >= 15 is 0 Å². The summed E-state index contributed by atoms with van der Waals surface area (Å²) in [7, 11) is 0.